The molecule has 6 heteroatoms. The Morgan fingerprint density at radius 1 is 0.857 bits per heavy atom. The molecule has 0 fully saturated rings. The molecule has 0 saturated carbocycles. The molecular weight excluding hydrogens is 354 g/mol. The summed E-state index contributed by atoms with van der Waals surface area (Å²) in [7, 11) is 1.58. The van der Waals surface area contributed by atoms with E-state index in [0.29, 0.717) is 17.1 Å². The minimum atomic E-state index is -1.24. The van der Waals surface area contributed by atoms with Crippen LogP contribution >= 0.6 is 0 Å². The lowest BCUT2D eigenvalue weighted by Crippen LogP contribution is -2.41. The molecule has 0 saturated heterocycles. The highest BCUT2D eigenvalue weighted by molar-refractivity contribution is 6.14. The van der Waals surface area contributed by atoms with Crippen LogP contribution in [0, 0.1) is 5.41 Å². The standard InChI is InChI=1S/C22H29N3O3/c1-6-25(7-2)18-12-8-16(9-13-18)23-20(26)22(3,4)21(27)24-17-10-14-19(28-5)15-11-17/h8-15H,6-7H2,1-5H3,(H,23,26)(H,24,27). The van der Waals surface area contributed by atoms with Crippen molar-refractivity contribution in [2.45, 2.75) is 27.7 Å². The van der Waals surface area contributed by atoms with Gasteiger partial charge in [0.1, 0.15) is 11.2 Å². The Hall–Kier alpha value is -3.02. The van der Waals surface area contributed by atoms with Gasteiger partial charge in [-0.15, -0.1) is 0 Å². The SMILES string of the molecule is CCN(CC)c1ccc(NC(=O)C(C)(C)C(=O)Nc2ccc(OC)cc2)cc1. The first-order chi connectivity index (χ1) is 13.3. The first-order valence-electron chi connectivity index (χ1n) is 9.43. The van der Waals surface area contributed by atoms with Gasteiger partial charge < -0.3 is 20.3 Å². The van der Waals surface area contributed by atoms with Crippen LogP contribution in [-0.4, -0.2) is 32.0 Å². The van der Waals surface area contributed by atoms with Crippen LogP contribution in [0.2, 0.25) is 0 Å². The second kappa shape index (κ2) is 9.26. The summed E-state index contributed by atoms with van der Waals surface area (Å²) in [6.45, 7) is 9.24. The average Bonchev–Trinajstić information content (AvgIpc) is 2.70. The fraction of sp³-hybridized carbons (Fsp3) is 0.364. The van der Waals surface area contributed by atoms with Crippen molar-refractivity contribution < 1.29 is 14.3 Å². The first kappa shape index (κ1) is 21.3. The van der Waals surface area contributed by atoms with Gasteiger partial charge in [0.2, 0.25) is 11.8 Å². The van der Waals surface area contributed by atoms with E-state index >= 15 is 0 Å². The van der Waals surface area contributed by atoms with Crippen LogP contribution in [0.1, 0.15) is 27.7 Å². The van der Waals surface area contributed by atoms with Crippen LogP contribution in [0.3, 0.4) is 0 Å². The zero-order valence-electron chi connectivity index (χ0n) is 17.2. The summed E-state index contributed by atoms with van der Waals surface area (Å²) in [6, 6.07) is 14.6. The highest BCUT2D eigenvalue weighted by Gasteiger charge is 2.36. The number of anilines is 3. The third-order valence-electron chi connectivity index (χ3n) is 4.74. The molecule has 28 heavy (non-hydrogen) atoms. The normalized spacial score (nSPS) is 10.9. The second-order valence-electron chi connectivity index (χ2n) is 6.98. The number of benzene rings is 2. The lowest BCUT2D eigenvalue weighted by molar-refractivity contribution is -0.135. The molecule has 0 heterocycles. The second-order valence-corrected chi connectivity index (χ2v) is 6.98. The molecule has 0 radical (unpaired) electrons. The first-order valence-corrected chi connectivity index (χ1v) is 9.43. The van der Waals surface area contributed by atoms with Gasteiger partial charge in [-0.2, -0.15) is 0 Å². The Morgan fingerprint density at radius 3 is 1.68 bits per heavy atom. The van der Waals surface area contributed by atoms with Gasteiger partial charge in [-0.25, -0.2) is 0 Å². The van der Waals surface area contributed by atoms with Gasteiger partial charge in [0.25, 0.3) is 0 Å². The maximum Gasteiger partial charge on any atom is 0.239 e. The van der Waals surface area contributed by atoms with E-state index in [1.807, 2.05) is 24.3 Å². The van der Waals surface area contributed by atoms with Crippen LogP contribution in [0.4, 0.5) is 17.1 Å². The van der Waals surface area contributed by atoms with Crippen molar-refractivity contribution in [2.24, 2.45) is 5.41 Å². The summed E-state index contributed by atoms with van der Waals surface area (Å²) in [5.41, 5.74) is 1.12. The largest absolute Gasteiger partial charge is 0.497 e. The number of hydrogen-bond acceptors (Lipinski definition) is 4. The smallest absolute Gasteiger partial charge is 0.239 e. The number of hydrogen-bond donors (Lipinski definition) is 2. The molecule has 0 spiro atoms. The number of nitrogens with zero attached hydrogens (tertiary/aromatic N) is 1. The molecule has 0 aromatic heterocycles. The fourth-order valence-electron chi connectivity index (χ4n) is 2.70. The van der Waals surface area contributed by atoms with Crippen LogP contribution < -0.4 is 20.3 Å². The molecule has 2 rings (SSSR count). The topological polar surface area (TPSA) is 70.7 Å². The molecule has 2 aromatic carbocycles. The number of amides is 2. The van der Waals surface area contributed by atoms with E-state index in [-0.39, 0.29) is 11.8 Å². The average molecular weight is 383 g/mol. The summed E-state index contributed by atoms with van der Waals surface area (Å²) < 4.78 is 5.10. The Morgan fingerprint density at radius 2 is 1.29 bits per heavy atom. The van der Waals surface area contributed by atoms with Gasteiger partial charge in [0.05, 0.1) is 7.11 Å². The van der Waals surface area contributed by atoms with E-state index in [1.54, 1.807) is 45.2 Å². The summed E-state index contributed by atoms with van der Waals surface area (Å²) in [5.74, 6) is -0.0489. The zero-order valence-corrected chi connectivity index (χ0v) is 17.2. The molecule has 2 N–H and O–H groups in total. The predicted molar refractivity (Wildman–Crippen MR) is 114 cm³/mol. The Balaban J connectivity index is 2.03. The van der Waals surface area contributed by atoms with Crippen molar-refractivity contribution >= 4 is 28.9 Å². The number of rotatable bonds is 8. The van der Waals surface area contributed by atoms with Crippen LogP contribution in [0.25, 0.3) is 0 Å². The van der Waals surface area contributed by atoms with Crippen LogP contribution in [0.15, 0.2) is 48.5 Å². The zero-order chi connectivity index (χ0) is 20.7. The van der Waals surface area contributed by atoms with E-state index in [9.17, 15) is 9.59 Å². The van der Waals surface area contributed by atoms with Crippen LogP contribution in [0.5, 0.6) is 5.75 Å². The minimum Gasteiger partial charge on any atom is -0.497 e. The number of ether oxygens (including phenoxy) is 1. The molecule has 0 aliphatic heterocycles. The molecule has 150 valence electrons. The predicted octanol–water partition coefficient (Wildman–Crippen LogP) is 4.14. The van der Waals surface area contributed by atoms with E-state index in [1.165, 1.54) is 0 Å². The summed E-state index contributed by atoms with van der Waals surface area (Å²) >= 11 is 0. The highest BCUT2D eigenvalue weighted by atomic mass is 16.5. The maximum atomic E-state index is 12.7. The molecule has 0 aliphatic rings. The summed E-state index contributed by atoms with van der Waals surface area (Å²) in [5, 5.41) is 5.61. The quantitative estimate of drug-likeness (QED) is 0.672. The van der Waals surface area contributed by atoms with Gasteiger partial charge in [0, 0.05) is 30.2 Å². The van der Waals surface area contributed by atoms with Crippen molar-refractivity contribution in [2.75, 3.05) is 35.7 Å². The van der Waals surface area contributed by atoms with Gasteiger partial charge in [-0.3, -0.25) is 9.59 Å². The lowest BCUT2D eigenvalue weighted by Gasteiger charge is -2.24. The number of carbonyl (C=O) groups excluding carboxylic acids is 2. The maximum absolute atomic E-state index is 12.7. The van der Waals surface area contributed by atoms with E-state index < -0.39 is 5.41 Å². The molecule has 0 bridgehead atoms. The third kappa shape index (κ3) is 5.03. The number of methoxy groups -OCH3 is 1. The van der Waals surface area contributed by atoms with Crippen molar-refractivity contribution in [3.05, 3.63) is 48.5 Å². The van der Waals surface area contributed by atoms with Gasteiger partial charge in [0.15, 0.2) is 0 Å². The molecule has 0 unspecified atom stereocenters. The number of carbonyl (C=O) groups is 2. The fourth-order valence-corrected chi connectivity index (χ4v) is 2.70. The molecule has 0 aliphatic carbocycles. The molecule has 2 amide bonds. The van der Waals surface area contributed by atoms with E-state index in [2.05, 4.69) is 29.4 Å². The monoisotopic (exact) mass is 383 g/mol. The van der Waals surface area contributed by atoms with Gasteiger partial charge >= 0.3 is 0 Å². The summed E-state index contributed by atoms with van der Waals surface area (Å²) in [4.78, 5) is 27.5. The Labute approximate surface area is 166 Å². The minimum absolute atomic E-state index is 0.367. The van der Waals surface area contributed by atoms with E-state index in [4.69, 9.17) is 4.74 Å². The van der Waals surface area contributed by atoms with Crippen molar-refractivity contribution in [1.29, 1.82) is 0 Å². The molecule has 2 aromatic rings. The van der Waals surface area contributed by atoms with Crippen molar-refractivity contribution in [3.8, 4) is 5.75 Å². The Kier molecular flexibility index (Phi) is 7.04. The molecular formula is C22H29N3O3. The molecule has 0 atom stereocenters. The van der Waals surface area contributed by atoms with Crippen molar-refractivity contribution in [1.82, 2.24) is 0 Å². The summed E-state index contributed by atoms with van der Waals surface area (Å²) in [6.07, 6.45) is 0. The van der Waals surface area contributed by atoms with Crippen LogP contribution in [-0.2, 0) is 9.59 Å². The van der Waals surface area contributed by atoms with E-state index in [0.717, 1.165) is 18.8 Å². The third-order valence-corrected chi connectivity index (χ3v) is 4.74. The van der Waals surface area contributed by atoms with Gasteiger partial charge in [-0.1, -0.05) is 0 Å². The van der Waals surface area contributed by atoms with Gasteiger partial charge in [-0.05, 0) is 76.2 Å². The molecule has 6 nitrogen and oxygen atoms in total. The lowest BCUT2D eigenvalue weighted by atomic mass is 9.90. The highest BCUT2D eigenvalue weighted by Crippen LogP contribution is 2.24. The Bertz CT molecular complexity index is 795. The number of nitrogens with one attached hydrogen (secondary N) is 2. The van der Waals surface area contributed by atoms with Crippen molar-refractivity contribution in [3.63, 3.8) is 0 Å².